The first-order valence-electron chi connectivity index (χ1n) is 12.5. The Hall–Kier alpha value is -0.840. The van der Waals surface area contributed by atoms with Crippen molar-refractivity contribution >= 4 is 21.8 Å². The molecule has 1 amide bonds. The van der Waals surface area contributed by atoms with Crippen LogP contribution in [0.2, 0.25) is 0 Å². The highest BCUT2D eigenvalue weighted by Crippen LogP contribution is 2.17. The summed E-state index contributed by atoms with van der Waals surface area (Å²) in [5.41, 5.74) is 0.910. The Balaban J connectivity index is 1.85. The number of hydrogen-bond acceptors (Lipinski definition) is 2. The molecule has 0 saturated heterocycles. The van der Waals surface area contributed by atoms with Crippen molar-refractivity contribution in [2.24, 2.45) is 0 Å². The first-order chi connectivity index (χ1) is 14.6. The van der Waals surface area contributed by atoms with Gasteiger partial charge < -0.3 is 5.32 Å². The van der Waals surface area contributed by atoms with E-state index in [2.05, 4.69) is 33.3 Å². The molecule has 0 aromatic carbocycles. The third kappa shape index (κ3) is 12.8. The minimum atomic E-state index is -0.268. The third-order valence-electron chi connectivity index (χ3n) is 5.96. The topological polar surface area (TPSA) is 46.9 Å². The molecule has 4 nitrogen and oxygen atoms in total. The van der Waals surface area contributed by atoms with E-state index in [9.17, 15) is 4.79 Å². The fourth-order valence-electron chi connectivity index (χ4n) is 3.81. The van der Waals surface area contributed by atoms with E-state index in [0.717, 1.165) is 23.1 Å². The van der Waals surface area contributed by atoms with Crippen molar-refractivity contribution in [2.45, 2.75) is 130 Å². The highest BCUT2D eigenvalue weighted by atomic mass is 79.9. The van der Waals surface area contributed by atoms with Crippen LogP contribution >= 0.6 is 15.9 Å². The molecule has 1 atom stereocenters. The van der Waals surface area contributed by atoms with Crippen molar-refractivity contribution in [3.8, 4) is 0 Å². The maximum absolute atomic E-state index is 12.2. The number of amides is 1. The van der Waals surface area contributed by atoms with Crippen LogP contribution in [-0.4, -0.2) is 22.2 Å². The second-order valence-corrected chi connectivity index (χ2v) is 9.67. The van der Waals surface area contributed by atoms with E-state index in [1.165, 1.54) is 96.3 Å². The average Bonchev–Trinajstić information content (AvgIpc) is 3.08. The molecule has 0 fully saturated rings. The molecule has 0 bridgehead atoms. The molecule has 0 aliphatic heterocycles. The summed E-state index contributed by atoms with van der Waals surface area (Å²) in [5, 5.41) is 7.41. The number of carbonyl (C=O) groups excluding carboxylic acids is 1. The van der Waals surface area contributed by atoms with Crippen LogP contribution in [0.1, 0.15) is 128 Å². The molecule has 1 unspecified atom stereocenters. The number of aromatic nitrogens is 2. The smallest absolute Gasteiger partial charge is 0.244 e. The Labute approximate surface area is 194 Å². The van der Waals surface area contributed by atoms with Crippen molar-refractivity contribution in [2.75, 3.05) is 6.54 Å². The molecular formula is C25H46BrN3O. The minimum Gasteiger partial charge on any atom is -0.354 e. The molecule has 174 valence electrons. The Morgan fingerprint density at radius 2 is 1.33 bits per heavy atom. The number of nitrogens with zero attached hydrogens (tertiary/aromatic N) is 2. The zero-order valence-electron chi connectivity index (χ0n) is 19.9. The summed E-state index contributed by atoms with van der Waals surface area (Å²) in [5.74, 6) is 0.0472. The number of carbonyl (C=O) groups is 1. The van der Waals surface area contributed by atoms with E-state index in [-0.39, 0.29) is 11.9 Å². The van der Waals surface area contributed by atoms with E-state index in [4.69, 9.17) is 0 Å². The lowest BCUT2D eigenvalue weighted by atomic mass is 10.0. The van der Waals surface area contributed by atoms with Gasteiger partial charge >= 0.3 is 0 Å². The van der Waals surface area contributed by atoms with Crippen molar-refractivity contribution in [1.29, 1.82) is 0 Å². The fourth-order valence-corrected chi connectivity index (χ4v) is 4.10. The van der Waals surface area contributed by atoms with E-state index in [0.29, 0.717) is 0 Å². The summed E-state index contributed by atoms with van der Waals surface area (Å²) in [4.78, 5) is 12.2. The van der Waals surface area contributed by atoms with Gasteiger partial charge in [-0.3, -0.25) is 9.48 Å². The number of halogens is 1. The Bertz CT molecular complexity index is 539. The zero-order chi connectivity index (χ0) is 22.0. The molecule has 0 aliphatic rings. The summed E-state index contributed by atoms with van der Waals surface area (Å²) in [6.07, 6.45) is 23.8. The summed E-state index contributed by atoms with van der Waals surface area (Å²) in [6, 6.07) is -0.268. The molecule has 0 saturated carbocycles. The zero-order valence-corrected chi connectivity index (χ0v) is 21.4. The maximum Gasteiger partial charge on any atom is 0.244 e. The molecule has 5 heteroatoms. The molecule has 1 aromatic rings. The SMILES string of the molecule is CCCCCCCCCCCCCCCCCCNC(=O)C(C)n1cc(Br)c(C)n1. The minimum absolute atomic E-state index is 0.0472. The summed E-state index contributed by atoms with van der Waals surface area (Å²) < 4.78 is 2.67. The standard InChI is InChI=1S/C25H46BrN3O/c1-4-5-6-7-8-9-10-11-12-13-14-15-16-17-18-19-20-27-25(30)23(3)29-21-24(26)22(2)28-29/h21,23H,4-20H2,1-3H3,(H,27,30). The van der Waals surface area contributed by atoms with Gasteiger partial charge in [0.1, 0.15) is 6.04 Å². The molecule has 1 aromatic heterocycles. The quantitative estimate of drug-likeness (QED) is 0.203. The lowest BCUT2D eigenvalue weighted by Crippen LogP contribution is -2.32. The predicted octanol–water partition coefficient (Wildman–Crippen LogP) is 7.89. The second kappa shape index (κ2) is 17.8. The van der Waals surface area contributed by atoms with Gasteiger partial charge in [0.2, 0.25) is 5.91 Å². The number of hydrogen-bond donors (Lipinski definition) is 1. The van der Waals surface area contributed by atoms with E-state index < -0.39 is 0 Å². The fraction of sp³-hybridized carbons (Fsp3) is 0.840. The van der Waals surface area contributed by atoms with Gasteiger partial charge in [-0.15, -0.1) is 0 Å². The lowest BCUT2D eigenvalue weighted by Gasteiger charge is -2.12. The maximum atomic E-state index is 12.2. The molecular weight excluding hydrogens is 438 g/mol. The Morgan fingerprint density at radius 1 is 0.900 bits per heavy atom. The molecule has 30 heavy (non-hydrogen) atoms. The van der Waals surface area contributed by atoms with Crippen LogP contribution in [0.15, 0.2) is 10.7 Å². The molecule has 0 radical (unpaired) electrons. The van der Waals surface area contributed by atoms with Crippen LogP contribution in [-0.2, 0) is 4.79 Å². The van der Waals surface area contributed by atoms with Crippen molar-refractivity contribution in [1.82, 2.24) is 15.1 Å². The largest absolute Gasteiger partial charge is 0.354 e. The molecule has 1 N–H and O–H groups in total. The summed E-state index contributed by atoms with van der Waals surface area (Å²) >= 11 is 3.45. The van der Waals surface area contributed by atoms with Crippen LogP contribution in [0.4, 0.5) is 0 Å². The number of unbranched alkanes of at least 4 members (excludes halogenated alkanes) is 15. The van der Waals surface area contributed by atoms with Gasteiger partial charge in [-0.05, 0) is 36.2 Å². The van der Waals surface area contributed by atoms with E-state index in [1.807, 2.05) is 20.0 Å². The number of aryl methyl sites for hydroxylation is 1. The van der Waals surface area contributed by atoms with Gasteiger partial charge in [0.25, 0.3) is 0 Å². The van der Waals surface area contributed by atoms with Crippen LogP contribution in [0.3, 0.4) is 0 Å². The number of rotatable bonds is 19. The van der Waals surface area contributed by atoms with Crippen LogP contribution < -0.4 is 5.32 Å². The van der Waals surface area contributed by atoms with Gasteiger partial charge in [0.05, 0.1) is 10.2 Å². The van der Waals surface area contributed by atoms with Crippen LogP contribution in [0, 0.1) is 6.92 Å². The predicted molar refractivity (Wildman–Crippen MR) is 132 cm³/mol. The summed E-state index contributed by atoms with van der Waals surface area (Å²) in [6.45, 7) is 6.87. The van der Waals surface area contributed by atoms with Crippen molar-refractivity contribution in [3.05, 3.63) is 16.4 Å². The van der Waals surface area contributed by atoms with E-state index >= 15 is 0 Å². The first kappa shape index (κ1) is 27.2. The Morgan fingerprint density at radius 3 is 1.73 bits per heavy atom. The molecule has 1 heterocycles. The van der Waals surface area contributed by atoms with Gasteiger partial charge in [-0.1, -0.05) is 103 Å². The van der Waals surface area contributed by atoms with Crippen LogP contribution in [0.5, 0.6) is 0 Å². The summed E-state index contributed by atoms with van der Waals surface area (Å²) in [7, 11) is 0. The highest BCUT2D eigenvalue weighted by molar-refractivity contribution is 9.10. The van der Waals surface area contributed by atoms with Gasteiger partial charge in [-0.2, -0.15) is 5.10 Å². The first-order valence-corrected chi connectivity index (χ1v) is 13.3. The Kier molecular flexibility index (Phi) is 16.1. The van der Waals surface area contributed by atoms with Crippen molar-refractivity contribution < 1.29 is 4.79 Å². The highest BCUT2D eigenvalue weighted by Gasteiger charge is 2.16. The molecule has 1 rings (SSSR count). The average molecular weight is 485 g/mol. The normalized spacial score (nSPS) is 12.3. The second-order valence-electron chi connectivity index (χ2n) is 8.81. The van der Waals surface area contributed by atoms with Gasteiger partial charge in [0, 0.05) is 12.7 Å². The van der Waals surface area contributed by atoms with Gasteiger partial charge in [0.15, 0.2) is 0 Å². The molecule has 0 spiro atoms. The monoisotopic (exact) mass is 483 g/mol. The third-order valence-corrected chi connectivity index (χ3v) is 6.74. The van der Waals surface area contributed by atoms with Crippen LogP contribution in [0.25, 0.3) is 0 Å². The van der Waals surface area contributed by atoms with Gasteiger partial charge in [-0.25, -0.2) is 0 Å². The lowest BCUT2D eigenvalue weighted by molar-refractivity contribution is -0.124. The number of nitrogens with one attached hydrogen (secondary N) is 1. The van der Waals surface area contributed by atoms with E-state index in [1.54, 1.807) is 4.68 Å². The molecule has 0 aliphatic carbocycles. The van der Waals surface area contributed by atoms with Crippen molar-refractivity contribution in [3.63, 3.8) is 0 Å².